The van der Waals surface area contributed by atoms with Gasteiger partial charge in [0.15, 0.2) is 0 Å². The molecule has 90 valence electrons. The van der Waals surface area contributed by atoms with Crippen molar-refractivity contribution in [2.24, 2.45) is 5.92 Å². The fourth-order valence-corrected chi connectivity index (χ4v) is 5.84. The average molecular weight is 231 g/mol. The summed E-state index contributed by atoms with van der Waals surface area (Å²) in [6.45, 7) is 10.2. The molecule has 0 aromatic heterocycles. The Hall–Kier alpha value is 0.0969. The van der Waals surface area contributed by atoms with Gasteiger partial charge >= 0.3 is 8.72 Å². The highest BCUT2D eigenvalue weighted by molar-refractivity contribution is 6.65. The Labute approximate surface area is 95.1 Å². The van der Waals surface area contributed by atoms with Crippen molar-refractivity contribution in [3.05, 3.63) is 0 Å². The highest BCUT2D eigenvalue weighted by Crippen LogP contribution is 2.37. The van der Waals surface area contributed by atoms with E-state index in [4.69, 9.17) is 8.85 Å². The van der Waals surface area contributed by atoms with E-state index in [0.717, 1.165) is 12.6 Å². The molecule has 0 atom stereocenters. The third kappa shape index (κ3) is 2.13. The van der Waals surface area contributed by atoms with Crippen LogP contribution >= 0.6 is 0 Å². The second-order valence-electron chi connectivity index (χ2n) is 5.18. The molecular weight excluding hydrogens is 206 g/mol. The van der Waals surface area contributed by atoms with Crippen LogP contribution in [0.15, 0.2) is 0 Å². The van der Waals surface area contributed by atoms with Crippen molar-refractivity contribution in [2.75, 3.05) is 20.8 Å². The van der Waals surface area contributed by atoms with Gasteiger partial charge in [-0.05, 0) is 32.7 Å². The van der Waals surface area contributed by atoms with Gasteiger partial charge in [-0.25, -0.2) is 0 Å². The first-order valence-electron chi connectivity index (χ1n) is 5.79. The highest BCUT2D eigenvalue weighted by Gasteiger charge is 2.53. The number of rotatable bonds is 4. The van der Waals surface area contributed by atoms with Gasteiger partial charge in [0.2, 0.25) is 0 Å². The quantitative estimate of drug-likeness (QED) is 0.693. The number of hydrogen-bond acceptors (Lipinski definition) is 3. The zero-order valence-electron chi connectivity index (χ0n) is 11.0. The summed E-state index contributed by atoms with van der Waals surface area (Å²) in [4.78, 5) is 0. The van der Waals surface area contributed by atoms with Crippen LogP contribution in [0.3, 0.4) is 0 Å². The van der Waals surface area contributed by atoms with Gasteiger partial charge in [-0.2, -0.15) is 0 Å². The normalized spacial score (nSPS) is 22.6. The molecule has 0 radical (unpaired) electrons. The van der Waals surface area contributed by atoms with E-state index in [-0.39, 0.29) is 5.54 Å². The Morgan fingerprint density at radius 2 is 1.73 bits per heavy atom. The zero-order chi connectivity index (χ0) is 11.7. The summed E-state index contributed by atoms with van der Waals surface area (Å²) in [5, 5.41) is 0. The van der Waals surface area contributed by atoms with Gasteiger partial charge in [-0.3, -0.25) is 4.57 Å². The summed E-state index contributed by atoms with van der Waals surface area (Å²) in [6.07, 6.45) is 1.20. The van der Waals surface area contributed by atoms with E-state index in [1.165, 1.54) is 6.42 Å². The second-order valence-corrected chi connectivity index (χ2v) is 8.47. The molecule has 1 aliphatic heterocycles. The van der Waals surface area contributed by atoms with E-state index in [9.17, 15) is 0 Å². The van der Waals surface area contributed by atoms with Gasteiger partial charge in [-0.1, -0.05) is 13.8 Å². The Morgan fingerprint density at radius 3 is 2.13 bits per heavy atom. The predicted octanol–water partition coefficient (Wildman–Crippen LogP) is 2.36. The minimum atomic E-state index is -2.07. The molecule has 1 heterocycles. The van der Waals surface area contributed by atoms with Gasteiger partial charge in [0.25, 0.3) is 0 Å². The highest BCUT2D eigenvalue weighted by atomic mass is 28.4. The summed E-state index contributed by atoms with van der Waals surface area (Å²) in [5.74, 6) is 0.604. The van der Waals surface area contributed by atoms with Crippen LogP contribution in [0.4, 0.5) is 0 Å². The first kappa shape index (κ1) is 13.2. The van der Waals surface area contributed by atoms with Crippen molar-refractivity contribution in [1.82, 2.24) is 4.57 Å². The molecule has 1 saturated heterocycles. The summed E-state index contributed by atoms with van der Waals surface area (Å²) in [6, 6.07) is 1.09. The van der Waals surface area contributed by atoms with Crippen molar-refractivity contribution >= 4 is 8.72 Å². The summed E-state index contributed by atoms with van der Waals surface area (Å²) >= 11 is 0. The summed E-state index contributed by atoms with van der Waals surface area (Å²) < 4.78 is 14.0. The van der Waals surface area contributed by atoms with E-state index >= 15 is 0 Å². The van der Waals surface area contributed by atoms with Gasteiger partial charge in [0, 0.05) is 25.8 Å². The number of nitrogens with zero attached hydrogens (tertiary/aromatic N) is 1. The van der Waals surface area contributed by atoms with Crippen molar-refractivity contribution in [2.45, 2.75) is 45.7 Å². The molecule has 1 rings (SSSR count). The van der Waals surface area contributed by atoms with E-state index in [2.05, 4.69) is 32.3 Å². The molecule has 0 unspecified atom stereocenters. The van der Waals surface area contributed by atoms with E-state index in [1.807, 2.05) is 0 Å². The molecule has 1 fully saturated rings. The maximum absolute atomic E-state index is 5.74. The predicted molar refractivity (Wildman–Crippen MR) is 64.8 cm³/mol. The van der Waals surface area contributed by atoms with Crippen LogP contribution in [-0.2, 0) is 8.85 Å². The lowest BCUT2D eigenvalue weighted by Gasteiger charge is -2.46. The van der Waals surface area contributed by atoms with E-state index in [1.54, 1.807) is 14.2 Å². The number of hydrogen-bond donors (Lipinski definition) is 0. The molecule has 0 aliphatic carbocycles. The zero-order valence-corrected chi connectivity index (χ0v) is 12.0. The fraction of sp³-hybridized carbons (Fsp3) is 1.00. The lowest BCUT2D eigenvalue weighted by Crippen LogP contribution is -2.62. The van der Waals surface area contributed by atoms with Crippen LogP contribution < -0.4 is 0 Å². The Morgan fingerprint density at radius 1 is 1.20 bits per heavy atom. The first-order chi connectivity index (χ1) is 6.90. The summed E-state index contributed by atoms with van der Waals surface area (Å²) in [7, 11) is 1.52. The lowest BCUT2D eigenvalue weighted by molar-refractivity contribution is 0.0903. The monoisotopic (exact) mass is 231 g/mol. The maximum Gasteiger partial charge on any atom is 0.427 e. The van der Waals surface area contributed by atoms with Gasteiger partial charge in [0.1, 0.15) is 0 Å². The van der Waals surface area contributed by atoms with Gasteiger partial charge in [-0.15, -0.1) is 0 Å². The molecular formula is C11H25NO2Si. The second kappa shape index (κ2) is 4.53. The van der Waals surface area contributed by atoms with Crippen molar-refractivity contribution in [3.8, 4) is 0 Å². The van der Waals surface area contributed by atoms with Crippen molar-refractivity contribution in [1.29, 1.82) is 0 Å². The van der Waals surface area contributed by atoms with Crippen LogP contribution in [0.5, 0.6) is 0 Å². The minimum absolute atomic E-state index is 0.161. The standard InChI is InChI=1S/C11H25NO2Si/c1-10(2)11(3,4)12-8-7-9-15(12,13-5)14-6/h10H,7-9H2,1-6H3. The van der Waals surface area contributed by atoms with Crippen LogP contribution in [0.2, 0.25) is 6.04 Å². The molecule has 0 spiro atoms. The summed E-state index contributed by atoms with van der Waals surface area (Å²) in [5.41, 5.74) is 0.161. The molecule has 0 aromatic carbocycles. The van der Waals surface area contributed by atoms with Crippen LogP contribution in [0.25, 0.3) is 0 Å². The van der Waals surface area contributed by atoms with E-state index in [0.29, 0.717) is 5.92 Å². The molecule has 1 aliphatic rings. The Bertz CT molecular complexity index is 215. The van der Waals surface area contributed by atoms with Crippen LogP contribution in [-0.4, -0.2) is 39.6 Å². The topological polar surface area (TPSA) is 21.7 Å². The first-order valence-corrected chi connectivity index (χ1v) is 7.76. The molecule has 0 bridgehead atoms. The van der Waals surface area contributed by atoms with Crippen LogP contribution in [0.1, 0.15) is 34.1 Å². The Kier molecular flexibility index (Phi) is 3.98. The fourth-order valence-electron chi connectivity index (χ4n) is 2.31. The van der Waals surface area contributed by atoms with Crippen molar-refractivity contribution in [3.63, 3.8) is 0 Å². The minimum Gasteiger partial charge on any atom is -0.386 e. The van der Waals surface area contributed by atoms with E-state index < -0.39 is 8.72 Å². The van der Waals surface area contributed by atoms with Crippen molar-refractivity contribution < 1.29 is 8.85 Å². The third-order valence-corrected chi connectivity index (χ3v) is 7.92. The lowest BCUT2D eigenvalue weighted by atomic mass is 9.91. The van der Waals surface area contributed by atoms with Gasteiger partial charge in [0.05, 0.1) is 0 Å². The largest absolute Gasteiger partial charge is 0.427 e. The molecule has 0 saturated carbocycles. The maximum atomic E-state index is 5.74. The van der Waals surface area contributed by atoms with Crippen LogP contribution in [0, 0.1) is 5.92 Å². The van der Waals surface area contributed by atoms with Gasteiger partial charge < -0.3 is 8.85 Å². The molecule has 15 heavy (non-hydrogen) atoms. The molecule has 0 N–H and O–H groups in total. The third-order valence-electron chi connectivity index (χ3n) is 4.03. The average Bonchev–Trinajstić information content (AvgIpc) is 2.62. The molecule has 4 heteroatoms. The molecule has 0 amide bonds. The molecule has 0 aromatic rings. The SMILES string of the molecule is CO[Si]1(OC)CCCN1C(C)(C)C(C)C. The Balaban J connectivity index is 2.93. The smallest absolute Gasteiger partial charge is 0.386 e. The molecule has 3 nitrogen and oxygen atoms in total.